The van der Waals surface area contributed by atoms with Crippen LogP contribution in [-0.4, -0.2) is 18.2 Å². The summed E-state index contributed by atoms with van der Waals surface area (Å²) < 4.78 is 0. The number of nitrogen functional groups attached to an aromatic ring is 1. The van der Waals surface area contributed by atoms with Gasteiger partial charge in [0.1, 0.15) is 5.78 Å². The first-order chi connectivity index (χ1) is 7.41. The molecule has 16 heavy (non-hydrogen) atoms. The second-order valence-corrected chi connectivity index (χ2v) is 3.96. The summed E-state index contributed by atoms with van der Waals surface area (Å²) in [7, 11) is 0. The van der Waals surface area contributed by atoms with Crippen molar-refractivity contribution in [1.29, 1.82) is 0 Å². The number of aryl methyl sites for hydroxylation is 1. The van der Waals surface area contributed by atoms with Gasteiger partial charge in [-0.25, -0.2) is 0 Å². The normalized spacial score (nSPS) is 9.94. The Kier molecular flexibility index (Phi) is 3.90. The fraction of sp³-hybridized carbons (Fsp3) is 0.273. The molecule has 0 bridgehead atoms. The van der Waals surface area contributed by atoms with Crippen molar-refractivity contribution in [1.82, 2.24) is 5.32 Å². The number of benzene rings is 1. The maximum Gasteiger partial charge on any atom is 0.253 e. The van der Waals surface area contributed by atoms with Crippen molar-refractivity contribution in [2.45, 2.75) is 13.8 Å². The SMILES string of the molecule is CC(=O)CNC(=O)c1cc(N)cc(C)c1Cl. The summed E-state index contributed by atoms with van der Waals surface area (Å²) in [5, 5.41) is 2.82. The molecule has 1 aromatic carbocycles. The van der Waals surface area contributed by atoms with Crippen molar-refractivity contribution in [2.75, 3.05) is 12.3 Å². The second-order valence-electron chi connectivity index (χ2n) is 3.58. The number of rotatable bonds is 3. The van der Waals surface area contributed by atoms with Crippen LogP contribution < -0.4 is 11.1 Å². The van der Waals surface area contributed by atoms with Gasteiger partial charge >= 0.3 is 0 Å². The number of carbonyl (C=O) groups is 2. The molecule has 0 radical (unpaired) electrons. The zero-order valence-electron chi connectivity index (χ0n) is 9.13. The highest BCUT2D eigenvalue weighted by molar-refractivity contribution is 6.34. The largest absolute Gasteiger partial charge is 0.399 e. The quantitative estimate of drug-likeness (QED) is 0.788. The Morgan fingerprint density at radius 1 is 1.44 bits per heavy atom. The summed E-state index contributed by atoms with van der Waals surface area (Å²) in [6.45, 7) is 3.15. The fourth-order valence-corrected chi connectivity index (χ4v) is 1.46. The fourth-order valence-electron chi connectivity index (χ4n) is 1.26. The predicted molar refractivity (Wildman–Crippen MR) is 63.6 cm³/mol. The number of carbonyl (C=O) groups excluding carboxylic acids is 2. The van der Waals surface area contributed by atoms with Crippen LogP contribution in [0.15, 0.2) is 12.1 Å². The monoisotopic (exact) mass is 240 g/mol. The van der Waals surface area contributed by atoms with E-state index in [2.05, 4.69) is 5.32 Å². The third-order valence-electron chi connectivity index (χ3n) is 2.02. The smallest absolute Gasteiger partial charge is 0.253 e. The number of anilines is 1. The van der Waals surface area contributed by atoms with E-state index in [0.717, 1.165) is 5.56 Å². The molecule has 0 spiro atoms. The van der Waals surface area contributed by atoms with Crippen molar-refractivity contribution >= 4 is 29.0 Å². The second kappa shape index (κ2) is 4.99. The van der Waals surface area contributed by atoms with Gasteiger partial charge in [0.2, 0.25) is 0 Å². The Labute approximate surface area is 98.8 Å². The van der Waals surface area contributed by atoms with Crippen molar-refractivity contribution in [2.24, 2.45) is 0 Å². The number of amides is 1. The van der Waals surface area contributed by atoms with Gasteiger partial charge in [0, 0.05) is 5.69 Å². The molecule has 4 nitrogen and oxygen atoms in total. The Morgan fingerprint density at radius 2 is 2.06 bits per heavy atom. The number of ketones is 1. The molecular weight excluding hydrogens is 228 g/mol. The zero-order valence-corrected chi connectivity index (χ0v) is 9.89. The van der Waals surface area contributed by atoms with Crippen molar-refractivity contribution in [3.8, 4) is 0 Å². The third kappa shape index (κ3) is 2.97. The third-order valence-corrected chi connectivity index (χ3v) is 2.52. The van der Waals surface area contributed by atoms with Crippen LogP contribution in [0.25, 0.3) is 0 Å². The molecule has 0 aromatic heterocycles. The first-order valence-electron chi connectivity index (χ1n) is 4.75. The van der Waals surface area contributed by atoms with E-state index in [4.69, 9.17) is 17.3 Å². The summed E-state index contributed by atoms with van der Waals surface area (Å²) >= 11 is 5.97. The maximum atomic E-state index is 11.7. The molecule has 1 aromatic rings. The highest BCUT2D eigenvalue weighted by atomic mass is 35.5. The van der Waals surface area contributed by atoms with Gasteiger partial charge in [-0.1, -0.05) is 11.6 Å². The van der Waals surface area contributed by atoms with Crippen molar-refractivity contribution < 1.29 is 9.59 Å². The number of hydrogen-bond donors (Lipinski definition) is 2. The maximum absolute atomic E-state index is 11.7. The summed E-state index contributed by atoms with van der Waals surface area (Å²) in [5.41, 5.74) is 7.11. The highest BCUT2D eigenvalue weighted by Crippen LogP contribution is 2.23. The number of Topliss-reactive ketones (excluding diaryl/α,β-unsaturated/α-hetero) is 1. The summed E-state index contributed by atoms with van der Waals surface area (Å²) in [4.78, 5) is 22.4. The zero-order chi connectivity index (χ0) is 12.3. The van der Waals surface area contributed by atoms with E-state index in [9.17, 15) is 9.59 Å². The Balaban J connectivity index is 2.95. The minimum atomic E-state index is -0.393. The predicted octanol–water partition coefficient (Wildman–Crippen LogP) is 1.55. The van der Waals surface area contributed by atoms with Crippen LogP contribution in [0.4, 0.5) is 5.69 Å². The van der Waals surface area contributed by atoms with Gasteiger partial charge in [-0.2, -0.15) is 0 Å². The van der Waals surface area contributed by atoms with Crippen LogP contribution in [0.5, 0.6) is 0 Å². The van der Waals surface area contributed by atoms with Gasteiger partial charge in [-0.3, -0.25) is 9.59 Å². The van der Waals surface area contributed by atoms with E-state index in [0.29, 0.717) is 16.3 Å². The van der Waals surface area contributed by atoms with Gasteiger partial charge in [-0.05, 0) is 31.5 Å². The Morgan fingerprint density at radius 3 is 2.62 bits per heavy atom. The first kappa shape index (κ1) is 12.5. The lowest BCUT2D eigenvalue weighted by molar-refractivity contribution is -0.116. The topological polar surface area (TPSA) is 72.2 Å². The van der Waals surface area contributed by atoms with Crippen LogP contribution in [0, 0.1) is 6.92 Å². The van der Waals surface area contributed by atoms with Gasteiger partial charge in [0.05, 0.1) is 17.1 Å². The number of nitrogens with one attached hydrogen (secondary N) is 1. The molecule has 5 heteroatoms. The van der Waals surface area contributed by atoms with Crippen molar-refractivity contribution in [3.05, 3.63) is 28.3 Å². The van der Waals surface area contributed by atoms with E-state index in [1.54, 1.807) is 13.0 Å². The molecule has 0 aliphatic rings. The average molecular weight is 241 g/mol. The molecule has 0 heterocycles. The molecule has 0 aliphatic carbocycles. The van der Waals surface area contributed by atoms with Crippen molar-refractivity contribution in [3.63, 3.8) is 0 Å². The molecule has 1 rings (SSSR count). The summed E-state index contributed by atoms with van der Waals surface area (Å²) in [5.74, 6) is -0.513. The number of nitrogens with two attached hydrogens (primary N) is 1. The molecule has 0 unspecified atom stereocenters. The van der Waals surface area contributed by atoms with Gasteiger partial charge in [-0.15, -0.1) is 0 Å². The molecule has 0 fully saturated rings. The minimum absolute atomic E-state index is 0.0109. The molecule has 0 saturated heterocycles. The van der Waals surface area contributed by atoms with Crippen LogP contribution in [-0.2, 0) is 4.79 Å². The molecule has 0 aliphatic heterocycles. The average Bonchev–Trinajstić information content (AvgIpc) is 2.19. The standard InChI is InChI=1S/C11H13ClN2O2/c1-6-3-8(13)4-9(10(6)12)11(16)14-5-7(2)15/h3-4H,5,13H2,1-2H3,(H,14,16). The van der Waals surface area contributed by atoms with E-state index >= 15 is 0 Å². The number of halogens is 1. The number of hydrogen-bond acceptors (Lipinski definition) is 3. The highest BCUT2D eigenvalue weighted by Gasteiger charge is 2.13. The molecule has 86 valence electrons. The van der Waals surface area contributed by atoms with E-state index in [1.807, 2.05) is 0 Å². The lowest BCUT2D eigenvalue weighted by Gasteiger charge is -2.08. The van der Waals surface area contributed by atoms with E-state index < -0.39 is 5.91 Å². The minimum Gasteiger partial charge on any atom is -0.399 e. The van der Waals surface area contributed by atoms with Gasteiger partial charge in [0.25, 0.3) is 5.91 Å². The molecule has 3 N–H and O–H groups in total. The van der Waals surface area contributed by atoms with Crippen LogP contribution in [0.1, 0.15) is 22.8 Å². The summed E-state index contributed by atoms with van der Waals surface area (Å²) in [6.07, 6.45) is 0. The lowest BCUT2D eigenvalue weighted by atomic mass is 10.1. The lowest BCUT2D eigenvalue weighted by Crippen LogP contribution is -2.28. The van der Waals surface area contributed by atoms with Crippen LogP contribution in [0.2, 0.25) is 5.02 Å². The first-order valence-corrected chi connectivity index (χ1v) is 5.13. The summed E-state index contributed by atoms with van der Waals surface area (Å²) in [6, 6.07) is 3.18. The van der Waals surface area contributed by atoms with Crippen LogP contribution >= 0.6 is 11.6 Å². The van der Waals surface area contributed by atoms with Crippen LogP contribution in [0.3, 0.4) is 0 Å². The van der Waals surface area contributed by atoms with Gasteiger partial charge in [0.15, 0.2) is 0 Å². The van der Waals surface area contributed by atoms with E-state index in [1.165, 1.54) is 13.0 Å². The Hall–Kier alpha value is -1.55. The molecule has 0 atom stereocenters. The Bertz CT molecular complexity index is 444. The molecule has 1 amide bonds. The van der Waals surface area contributed by atoms with E-state index in [-0.39, 0.29) is 12.3 Å². The molecule has 0 saturated carbocycles. The van der Waals surface area contributed by atoms with Gasteiger partial charge < -0.3 is 11.1 Å². The molecular formula is C11H13ClN2O2.